The first kappa shape index (κ1) is 21.0. The zero-order valence-corrected chi connectivity index (χ0v) is 16.8. The maximum Gasteiger partial charge on any atom is 0.244 e. The molecule has 5 nitrogen and oxygen atoms in total. The van der Waals surface area contributed by atoms with Crippen molar-refractivity contribution < 1.29 is 12.9 Å². The smallest absolute Gasteiger partial charge is 0.244 e. The van der Waals surface area contributed by atoms with Crippen LogP contribution in [0.2, 0.25) is 0 Å². The first-order valence-corrected chi connectivity index (χ1v) is 11.0. The van der Waals surface area contributed by atoms with Gasteiger partial charge in [-0.25, -0.2) is 12.7 Å². The summed E-state index contributed by atoms with van der Waals surface area (Å²) in [7, 11) is -1.83. The van der Waals surface area contributed by atoms with Crippen molar-refractivity contribution in [2.45, 2.75) is 84.0 Å². The van der Waals surface area contributed by atoms with Crippen LogP contribution in [0.4, 0.5) is 5.88 Å². The van der Waals surface area contributed by atoms with Gasteiger partial charge in [0.1, 0.15) is 0 Å². The van der Waals surface area contributed by atoms with Crippen LogP contribution >= 0.6 is 0 Å². The van der Waals surface area contributed by atoms with Crippen LogP contribution in [0.5, 0.6) is 0 Å². The van der Waals surface area contributed by atoms with Crippen molar-refractivity contribution in [1.82, 2.24) is 5.16 Å². The lowest BCUT2D eigenvalue weighted by atomic mass is 9.75. The molecule has 0 amide bonds. The lowest BCUT2D eigenvalue weighted by molar-refractivity contribution is 0.362. The molecule has 0 saturated heterocycles. The van der Waals surface area contributed by atoms with Gasteiger partial charge in [-0.3, -0.25) is 0 Å². The average molecular weight is 359 g/mol. The Balaban J connectivity index is 3.03. The zero-order valence-electron chi connectivity index (χ0n) is 16.0. The minimum atomic E-state index is -3.36. The maximum absolute atomic E-state index is 11.9. The Morgan fingerprint density at radius 3 is 2.17 bits per heavy atom. The minimum absolute atomic E-state index is 0.100. The van der Waals surface area contributed by atoms with Crippen LogP contribution in [0.15, 0.2) is 10.7 Å². The Morgan fingerprint density at radius 2 is 1.62 bits per heavy atom. The monoisotopic (exact) mass is 358 g/mol. The molecular weight excluding hydrogens is 324 g/mol. The Hall–Kier alpha value is -1.04. The van der Waals surface area contributed by atoms with E-state index in [0.717, 1.165) is 31.2 Å². The normalized spacial score (nSPS) is 14.5. The topological polar surface area (TPSA) is 63.4 Å². The fourth-order valence-electron chi connectivity index (χ4n) is 3.13. The second kappa shape index (κ2) is 9.44. The highest BCUT2D eigenvalue weighted by molar-refractivity contribution is 7.92. The molecule has 0 aromatic carbocycles. The second-order valence-electron chi connectivity index (χ2n) is 7.10. The van der Waals surface area contributed by atoms with Crippen LogP contribution in [-0.4, -0.2) is 26.9 Å². The largest absolute Gasteiger partial charge is 0.337 e. The molecule has 1 rings (SSSR count). The number of sulfonamides is 1. The molecule has 0 bridgehead atoms. The molecule has 0 radical (unpaired) electrons. The van der Waals surface area contributed by atoms with Crippen LogP contribution in [-0.2, 0) is 15.4 Å². The number of anilines is 1. The highest BCUT2D eigenvalue weighted by Crippen LogP contribution is 2.40. The number of nitrogens with zero attached hydrogens (tertiary/aromatic N) is 2. The first-order chi connectivity index (χ1) is 11.3. The third-order valence-corrected chi connectivity index (χ3v) is 6.06. The van der Waals surface area contributed by atoms with Gasteiger partial charge in [-0.05, 0) is 18.3 Å². The van der Waals surface area contributed by atoms with Crippen molar-refractivity contribution in [3.63, 3.8) is 0 Å². The van der Waals surface area contributed by atoms with E-state index in [2.05, 4.69) is 25.9 Å². The number of rotatable bonds is 12. The van der Waals surface area contributed by atoms with Gasteiger partial charge in [0, 0.05) is 12.6 Å². The van der Waals surface area contributed by atoms with E-state index in [9.17, 15) is 8.42 Å². The molecule has 1 unspecified atom stereocenters. The summed E-state index contributed by atoms with van der Waals surface area (Å²) in [6.45, 7) is 6.63. The molecule has 1 heterocycles. The zero-order chi connectivity index (χ0) is 18.2. The molecule has 1 aromatic heterocycles. The molecule has 140 valence electrons. The maximum atomic E-state index is 11.9. The lowest BCUT2D eigenvalue weighted by Gasteiger charge is -2.30. The molecule has 0 aliphatic heterocycles. The van der Waals surface area contributed by atoms with Gasteiger partial charge in [0.2, 0.25) is 15.9 Å². The molecule has 0 aliphatic carbocycles. The summed E-state index contributed by atoms with van der Waals surface area (Å²) in [6.07, 6.45) is 13.3. The number of unbranched alkanes of at least 4 members (excludes halogenated alkanes) is 5. The van der Waals surface area contributed by atoms with Gasteiger partial charge in [-0.1, -0.05) is 70.9 Å². The van der Waals surface area contributed by atoms with Crippen molar-refractivity contribution >= 4 is 15.9 Å². The summed E-state index contributed by atoms with van der Waals surface area (Å²) in [5.41, 5.74) is 0.819. The van der Waals surface area contributed by atoms with Crippen molar-refractivity contribution in [2.75, 3.05) is 17.6 Å². The van der Waals surface area contributed by atoms with Gasteiger partial charge in [-0.2, -0.15) is 0 Å². The molecular formula is C18H34N2O3S. The van der Waals surface area contributed by atoms with Crippen molar-refractivity contribution in [3.05, 3.63) is 11.8 Å². The Morgan fingerprint density at radius 1 is 1.08 bits per heavy atom. The summed E-state index contributed by atoms with van der Waals surface area (Å²) in [5, 5.41) is 3.91. The summed E-state index contributed by atoms with van der Waals surface area (Å²) >= 11 is 0. The third kappa shape index (κ3) is 5.80. The van der Waals surface area contributed by atoms with E-state index in [1.54, 1.807) is 6.20 Å². The van der Waals surface area contributed by atoms with Crippen LogP contribution in [0.1, 0.15) is 84.1 Å². The Bertz CT molecular complexity index is 583. The molecule has 24 heavy (non-hydrogen) atoms. The fourth-order valence-corrected chi connectivity index (χ4v) is 3.56. The molecule has 0 fully saturated rings. The number of aromatic nitrogens is 1. The van der Waals surface area contributed by atoms with E-state index in [0.29, 0.717) is 5.88 Å². The average Bonchev–Trinajstić information content (AvgIpc) is 3.00. The highest BCUT2D eigenvalue weighted by atomic mass is 32.2. The van der Waals surface area contributed by atoms with E-state index in [1.807, 2.05) is 0 Å². The fraction of sp³-hybridized carbons (Fsp3) is 0.833. The lowest BCUT2D eigenvalue weighted by Crippen LogP contribution is -2.29. The standard InChI is InChI=1S/C18H34N2O3S/c1-6-8-10-12-14-18(3,13-11-9-7-2)16-15-19-23-17(16)20(4)24(5,21)22/h15H,6-14H2,1-5H3. The van der Waals surface area contributed by atoms with E-state index in [1.165, 1.54) is 49.7 Å². The number of hydrogen-bond acceptors (Lipinski definition) is 4. The van der Waals surface area contributed by atoms with Crippen LogP contribution in [0.25, 0.3) is 0 Å². The summed E-state index contributed by atoms with van der Waals surface area (Å²) in [6, 6.07) is 0. The predicted molar refractivity (Wildman–Crippen MR) is 100 cm³/mol. The minimum Gasteiger partial charge on any atom is -0.337 e. The van der Waals surface area contributed by atoms with Crippen LogP contribution in [0, 0.1) is 0 Å². The van der Waals surface area contributed by atoms with Gasteiger partial charge in [-0.15, -0.1) is 0 Å². The van der Waals surface area contributed by atoms with Crippen molar-refractivity contribution in [3.8, 4) is 0 Å². The van der Waals surface area contributed by atoms with Crippen molar-refractivity contribution in [1.29, 1.82) is 0 Å². The van der Waals surface area contributed by atoms with E-state index < -0.39 is 10.0 Å². The molecule has 0 spiro atoms. The summed E-state index contributed by atoms with van der Waals surface area (Å²) in [5.74, 6) is 0.368. The third-order valence-electron chi connectivity index (χ3n) is 4.90. The van der Waals surface area contributed by atoms with Gasteiger partial charge >= 0.3 is 0 Å². The van der Waals surface area contributed by atoms with Gasteiger partial charge in [0.25, 0.3) is 0 Å². The SMILES string of the molecule is CCCCCCC(C)(CCCCC)c1cnoc1N(C)S(C)(=O)=O. The van der Waals surface area contributed by atoms with Crippen LogP contribution in [0.3, 0.4) is 0 Å². The van der Waals surface area contributed by atoms with E-state index in [-0.39, 0.29) is 5.41 Å². The van der Waals surface area contributed by atoms with Gasteiger partial charge in [0.15, 0.2) is 0 Å². The molecule has 0 aliphatic rings. The highest BCUT2D eigenvalue weighted by Gasteiger charge is 2.34. The second-order valence-corrected chi connectivity index (χ2v) is 9.12. The Kier molecular flexibility index (Phi) is 8.27. The summed E-state index contributed by atoms with van der Waals surface area (Å²) in [4.78, 5) is 0. The van der Waals surface area contributed by atoms with E-state index in [4.69, 9.17) is 4.52 Å². The number of hydrogen-bond donors (Lipinski definition) is 0. The molecule has 6 heteroatoms. The predicted octanol–water partition coefficient (Wildman–Crippen LogP) is 4.88. The van der Waals surface area contributed by atoms with Gasteiger partial charge in [0.05, 0.1) is 12.5 Å². The summed E-state index contributed by atoms with van der Waals surface area (Å²) < 4.78 is 30.4. The van der Waals surface area contributed by atoms with E-state index >= 15 is 0 Å². The first-order valence-electron chi connectivity index (χ1n) is 9.15. The van der Waals surface area contributed by atoms with Gasteiger partial charge < -0.3 is 4.52 Å². The van der Waals surface area contributed by atoms with Crippen molar-refractivity contribution in [2.24, 2.45) is 0 Å². The molecule has 0 saturated carbocycles. The molecule has 1 atom stereocenters. The molecule has 0 N–H and O–H groups in total. The molecule has 1 aromatic rings. The quantitative estimate of drug-likeness (QED) is 0.500. The Labute approximate surface area is 147 Å². The van der Waals surface area contributed by atoms with Crippen LogP contribution < -0.4 is 4.31 Å².